The van der Waals surface area contributed by atoms with Crippen LogP contribution in [0, 0.1) is 11.3 Å². The van der Waals surface area contributed by atoms with E-state index in [-0.39, 0.29) is 12.4 Å². The van der Waals surface area contributed by atoms with Gasteiger partial charge in [-0.1, -0.05) is 0 Å². The highest BCUT2D eigenvalue weighted by molar-refractivity contribution is 5.85. The van der Waals surface area contributed by atoms with E-state index < -0.39 is 0 Å². The van der Waals surface area contributed by atoms with Gasteiger partial charge in [0.15, 0.2) is 5.69 Å². The molecule has 3 nitrogen and oxygen atoms in total. The molecule has 1 aliphatic rings. The fourth-order valence-corrected chi connectivity index (χ4v) is 1.30. The highest BCUT2D eigenvalue weighted by atomic mass is 35.5. The molecule has 0 aromatic carbocycles. The van der Waals surface area contributed by atoms with Crippen molar-refractivity contribution in [2.24, 2.45) is 0 Å². The predicted molar refractivity (Wildman–Crippen MR) is 53.0 cm³/mol. The first kappa shape index (κ1) is 9.82. The molecule has 1 aromatic rings. The van der Waals surface area contributed by atoms with Gasteiger partial charge in [0.1, 0.15) is 6.07 Å². The van der Waals surface area contributed by atoms with Crippen molar-refractivity contribution in [2.75, 3.05) is 18.0 Å². The molecule has 1 saturated heterocycles. The highest BCUT2D eigenvalue weighted by Crippen LogP contribution is 2.22. The van der Waals surface area contributed by atoms with E-state index in [1.54, 1.807) is 6.20 Å². The van der Waals surface area contributed by atoms with E-state index >= 15 is 0 Å². The van der Waals surface area contributed by atoms with Gasteiger partial charge >= 0.3 is 0 Å². The van der Waals surface area contributed by atoms with Gasteiger partial charge in [-0.25, -0.2) is 4.98 Å². The van der Waals surface area contributed by atoms with Crippen molar-refractivity contribution in [3.63, 3.8) is 0 Å². The van der Waals surface area contributed by atoms with Crippen LogP contribution in [0.15, 0.2) is 18.3 Å². The largest absolute Gasteiger partial charge is 0.369 e. The molecule has 0 unspecified atom stereocenters. The van der Waals surface area contributed by atoms with Crippen LogP contribution in [-0.4, -0.2) is 18.1 Å². The van der Waals surface area contributed by atoms with Crippen LogP contribution in [-0.2, 0) is 0 Å². The van der Waals surface area contributed by atoms with Gasteiger partial charge in [0, 0.05) is 19.3 Å². The zero-order chi connectivity index (χ0) is 8.39. The summed E-state index contributed by atoms with van der Waals surface area (Å²) in [4.78, 5) is 6.17. The third kappa shape index (κ3) is 1.73. The molecule has 0 atom stereocenters. The molecule has 2 heterocycles. The molecule has 0 radical (unpaired) electrons. The summed E-state index contributed by atoms with van der Waals surface area (Å²) in [5, 5.41) is 8.75. The van der Waals surface area contributed by atoms with Crippen LogP contribution in [0.4, 0.5) is 5.69 Å². The summed E-state index contributed by atoms with van der Waals surface area (Å²) in [6, 6.07) is 5.91. The molecule has 0 N–H and O–H groups in total. The number of anilines is 1. The molecule has 0 aliphatic carbocycles. The Morgan fingerprint density at radius 3 is 2.77 bits per heavy atom. The SMILES string of the molecule is Cl.N#Cc1ncccc1N1CCC1. The number of nitrogens with zero attached hydrogens (tertiary/aromatic N) is 3. The Morgan fingerprint density at radius 1 is 1.46 bits per heavy atom. The lowest BCUT2D eigenvalue weighted by Gasteiger charge is -2.33. The number of hydrogen-bond acceptors (Lipinski definition) is 3. The molecule has 0 spiro atoms. The average molecular weight is 196 g/mol. The molecule has 1 aromatic heterocycles. The molecule has 0 bridgehead atoms. The zero-order valence-corrected chi connectivity index (χ0v) is 7.92. The van der Waals surface area contributed by atoms with Crippen LogP contribution >= 0.6 is 12.4 Å². The van der Waals surface area contributed by atoms with Crippen molar-refractivity contribution in [3.05, 3.63) is 24.0 Å². The van der Waals surface area contributed by atoms with Crippen molar-refractivity contribution in [1.82, 2.24) is 4.98 Å². The van der Waals surface area contributed by atoms with E-state index in [0.717, 1.165) is 18.8 Å². The number of hydrogen-bond donors (Lipinski definition) is 0. The van der Waals surface area contributed by atoms with Crippen LogP contribution < -0.4 is 4.90 Å². The van der Waals surface area contributed by atoms with Crippen molar-refractivity contribution >= 4 is 18.1 Å². The molecular weight excluding hydrogens is 186 g/mol. The molecular formula is C9H10ClN3. The van der Waals surface area contributed by atoms with Gasteiger partial charge in [-0.3, -0.25) is 0 Å². The van der Waals surface area contributed by atoms with Crippen molar-refractivity contribution in [1.29, 1.82) is 5.26 Å². The standard InChI is InChI=1S/C9H9N3.ClH/c10-7-8-9(3-1-4-11-8)12-5-2-6-12;/h1,3-4H,2,5-6H2;1H. The second kappa shape index (κ2) is 4.11. The van der Waals surface area contributed by atoms with E-state index in [1.807, 2.05) is 12.1 Å². The van der Waals surface area contributed by atoms with Gasteiger partial charge in [0.2, 0.25) is 0 Å². The van der Waals surface area contributed by atoms with Crippen LogP contribution in [0.25, 0.3) is 0 Å². The minimum atomic E-state index is 0. The first-order valence-electron chi connectivity index (χ1n) is 4.02. The topological polar surface area (TPSA) is 39.9 Å². The Hall–Kier alpha value is -1.27. The lowest BCUT2D eigenvalue weighted by atomic mass is 10.1. The Kier molecular flexibility index (Phi) is 3.10. The molecule has 1 aliphatic heterocycles. The lowest BCUT2D eigenvalue weighted by Crippen LogP contribution is -2.37. The lowest BCUT2D eigenvalue weighted by molar-refractivity contribution is 0.616. The fraction of sp³-hybridized carbons (Fsp3) is 0.333. The molecule has 13 heavy (non-hydrogen) atoms. The van der Waals surface area contributed by atoms with E-state index in [9.17, 15) is 0 Å². The Balaban J connectivity index is 0.000000845. The maximum Gasteiger partial charge on any atom is 0.163 e. The van der Waals surface area contributed by atoms with Crippen LogP contribution in [0.2, 0.25) is 0 Å². The Bertz CT molecular complexity index is 328. The molecule has 4 heteroatoms. The molecule has 0 amide bonds. The summed E-state index contributed by atoms with van der Waals surface area (Å²) < 4.78 is 0. The van der Waals surface area contributed by atoms with Gasteiger partial charge < -0.3 is 4.90 Å². The van der Waals surface area contributed by atoms with E-state index in [2.05, 4.69) is 16.0 Å². The first-order valence-corrected chi connectivity index (χ1v) is 4.02. The minimum absolute atomic E-state index is 0. The maximum absolute atomic E-state index is 8.75. The smallest absolute Gasteiger partial charge is 0.163 e. The Morgan fingerprint density at radius 2 is 2.23 bits per heavy atom. The predicted octanol–water partition coefficient (Wildman–Crippen LogP) is 1.59. The normalized spacial score (nSPS) is 13.9. The number of nitriles is 1. The maximum atomic E-state index is 8.75. The number of pyridine rings is 1. The van der Waals surface area contributed by atoms with E-state index in [1.165, 1.54) is 6.42 Å². The summed E-state index contributed by atoms with van der Waals surface area (Å²) >= 11 is 0. The average Bonchev–Trinajstić information content (AvgIpc) is 2.02. The van der Waals surface area contributed by atoms with Gasteiger partial charge in [0.25, 0.3) is 0 Å². The zero-order valence-electron chi connectivity index (χ0n) is 7.10. The molecule has 1 fully saturated rings. The first-order chi connectivity index (χ1) is 5.92. The fourth-order valence-electron chi connectivity index (χ4n) is 1.30. The minimum Gasteiger partial charge on any atom is -0.369 e. The van der Waals surface area contributed by atoms with E-state index in [4.69, 9.17) is 5.26 Å². The monoisotopic (exact) mass is 195 g/mol. The quantitative estimate of drug-likeness (QED) is 0.683. The summed E-state index contributed by atoms with van der Waals surface area (Å²) in [6.07, 6.45) is 2.88. The summed E-state index contributed by atoms with van der Waals surface area (Å²) in [7, 11) is 0. The third-order valence-corrected chi connectivity index (χ3v) is 2.09. The molecule has 2 rings (SSSR count). The van der Waals surface area contributed by atoms with Gasteiger partial charge in [-0.05, 0) is 18.6 Å². The van der Waals surface area contributed by atoms with Gasteiger partial charge in [0.05, 0.1) is 5.69 Å². The number of rotatable bonds is 1. The van der Waals surface area contributed by atoms with Gasteiger partial charge in [-0.2, -0.15) is 5.26 Å². The number of aromatic nitrogens is 1. The van der Waals surface area contributed by atoms with Crippen LogP contribution in [0.3, 0.4) is 0 Å². The van der Waals surface area contributed by atoms with Crippen molar-refractivity contribution < 1.29 is 0 Å². The van der Waals surface area contributed by atoms with Crippen molar-refractivity contribution in [2.45, 2.75) is 6.42 Å². The summed E-state index contributed by atoms with van der Waals surface area (Å²) in [5.74, 6) is 0. The van der Waals surface area contributed by atoms with E-state index in [0.29, 0.717) is 5.69 Å². The Labute approximate surface area is 83.4 Å². The second-order valence-electron chi connectivity index (χ2n) is 2.82. The summed E-state index contributed by atoms with van der Waals surface area (Å²) in [5.41, 5.74) is 1.52. The van der Waals surface area contributed by atoms with Crippen LogP contribution in [0.1, 0.15) is 12.1 Å². The van der Waals surface area contributed by atoms with Crippen LogP contribution in [0.5, 0.6) is 0 Å². The molecule has 0 saturated carbocycles. The summed E-state index contributed by atoms with van der Waals surface area (Å²) in [6.45, 7) is 2.11. The molecule has 68 valence electrons. The highest BCUT2D eigenvalue weighted by Gasteiger charge is 2.17. The van der Waals surface area contributed by atoms with Crippen molar-refractivity contribution in [3.8, 4) is 6.07 Å². The second-order valence-corrected chi connectivity index (χ2v) is 2.82. The number of halogens is 1. The third-order valence-electron chi connectivity index (χ3n) is 2.09. The van der Waals surface area contributed by atoms with Gasteiger partial charge in [-0.15, -0.1) is 12.4 Å².